The van der Waals surface area contributed by atoms with Gasteiger partial charge < -0.3 is 9.47 Å². The molecular formula is C9H10Cl2F3NO2. The van der Waals surface area contributed by atoms with Crippen LogP contribution >= 0.6 is 24.0 Å². The van der Waals surface area contributed by atoms with Crippen LogP contribution in [0.4, 0.5) is 13.2 Å². The van der Waals surface area contributed by atoms with Gasteiger partial charge in [0.25, 0.3) is 0 Å². The summed E-state index contributed by atoms with van der Waals surface area (Å²) in [6.45, 7) is -1.38. The molecule has 0 amide bonds. The Hall–Kier alpha value is -0.880. The molecule has 0 saturated heterocycles. The van der Waals surface area contributed by atoms with Crippen molar-refractivity contribution in [1.82, 2.24) is 4.98 Å². The maximum atomic E-state index is 12.0. The standard InChI is InChI=1S/C9H9ClF3NO2.ClH/c1-15-8-6(4-10)14-3-2-7(8)16-5-9(11,12)13;/h2-3H,4-5H2,1H3;1H. The zero-order chi connectivity index (χ0) is 12.2. The highest BCUT2D eigenvalue weighted by molar-refractivity contribution is 6.17. The van der Waals surface area contributed by atoms with Crippen molar-refractivity contribution in [2.45, 2.75) is 12.1 Å². The van der Waals surface area contributed by atoms with Crippen LogP contribution in [-0.4, -0.2) is 24.9 Å². The highest BCUT2D eigenvalue weighted by Gasteiger charge is 2.29. The van der Waals surface area contributed by atoms with Gasteiger partial charge in [-0.15, -0.1) is 24.0 Å². The van der Waals surface area contributed by atoms with Crippen molar-refractivity contribution in [3.8, 4) is 11.5 Å². The first-order chi connectivity index (χ1) is 7.48. The van der Waals surface area contributed by atoms with Crippen molar-refractivity contribution >= 4 is 24.0 Å². The minimum absolute atomic E-state index is 0. The first kappa shape index (κ1) is 16.1. The quantitative estimate of drug-likeness (QED) is 0.799. The fourth-order valence-electron chi connectivity index (χ4n) is 1.06. The average Bonchev–Trinajstić information content (AvgIpc) is 2.24. The topological polar surface area (TPSA) is 31.4 Å². The van der Waals surface area contributed by atoms with Gasteiger partial charge in [-0.2, -0.15) is 13.2 Å². The summed E-state index contributed by atoms with van der Waals surface area (Å²) < 4.78 is 45.3. The lowest BCUT2D eigenvalue weighted by Gasteiger charge is -2.13. The van der Waals surface area contributed by atoms with Gasteiger partial charge in [0.1, 0.15) is 5.69 Å². The summed E-state index contributed by atoms with van der Waals surface area (Å²) in [7, 11) is 1.31. The second-order valence-electron chi connectivity index (χ2n) is 2.83. The Balaban J connectivity index is 0.00000256. The third kappa shape index (κ3) is 4.87. The minimum atomic E-state index is -4.39. The normalized spacial score (nSPS) is 10.6. The summed E-state index contributed by atoms with van der Waals surface area (Å²) in [5.41, 5.74) is 0.337. The lowest BCUT2D eigenvalue weighted by Crippen LogP contribution is -2.19. The molecule has 0 spiro atoms. The Morgan fingerprint density at radius 2 is 2.06 bits per heavy atom. The third-order valence-electron chi connectivity index (χ3n) is 1.66. The van der Waals surface area contributed by atoms with Gasteiger partial charge in [0.05, 0.1) is 13.0 Å². The molecule has 0 N–H and O–H groups in total. The fraction of sp³-hybridized carbons (Fsp3) is 0.444. The number of aromatic nitrogens is 1. The van der Waals surface area contributed by atoms with Crippen molar-refractivity contribution < 1.29 is 22.6 Å². The second kappa shape index (κ2) is 6.76. The average molecular weight is 292 g/mol. The van der Waals surface area contributed by atoms with E-state index >= 15 is 0 Å². The van der Waals surface area contributed by atoms with Gasteiger partial charge in [0.2, 0.25) is 0 Å². The molecule has 1 aromatic heterocycles. The van der Waals surface area contributed by atoms with Crippen LogP contribution in [0.15, 0.2) is 12.3 Å². The molecule has 3 nitrogen and oxygen atoms in total. The van der Waals surface area contributed by atoms with Crippen molar-refractivity contribution in [1.29, 1.82) is 0 Å². The van der Waals surface area contributed by atoms with E-state index in [2.05, 4.69) is 9.72 Å². The van der Waals surface area contributed by atoms with Crippen LogP contribution < -0.4 is 9.47 Å². The SMILES string of the molecule is COc1c(OCC(F)(F)F)ccnc1CCl.Cl. The van der Waals surface area contributed by atoms with Crippen molar-refractivity contribution in [3.63, 3.8) is 0 Å². The summed E-state index contributed by atoms with van der Waals surface area (Å²) in [4.78, 5) is 3.85. The molecule has 0 bridgehead atoms. The molecule has 1 rings (SSSR count). The Morgan fingerprint density at radius 1 is 1.41 bits per heavy atom. The van der Waals surface area contributed by atoms with Crippen LogP contribution in [0.2, 0.25) is 0 Å². The summed E-state index contributed by atoms with van der Waals surface area (Å²) in [5.74, 6) is 0.138. The molecule has 98 valence electrons. The smallest absolute Gasteiger partial charge is 0.422 e. The number of rotatable bonds is 4. The first-order valence-electron chi connectivity index (χ1n) is 4.25. The summed E-state index contributed by atoms with van der Waals surface area (Å²) in [6.07, 6.45) is -3.08. The molecule has 0 radical (unpaired) electrons. The Kier molecular flexibility index (Phi) is 6.41. The first-order valence-corrected chi connectivity index (χ1v) is 4.78. The van der Waals surface area contributed by atoms with Crippen LogP contribution in [0.3, 0.4) is 0 Å². The van der Waals surface area contributed by atoms with E-state index in [-0.39, 0.29) is 29.8 Å². The molecule has 8 heteroatoms. The second-order valence-corrected chi connectivity index (χ2v) is 3.09. The zero-order valence-electron chi connectivity index (χ0n) is 8.75. The van der Waals surface area contributed by atoms with Gasteiger partial charge >= 0.3 is 6.18 Å². The van der Waals surface area contributed by atoms with Crippen LogP contribution in [-0.2, 0) is 5.88 Å². The summed E-state index contributed by atoms with van der Waals surface area (Å²) in [6, 6.07) is 1.29. The Morgan fingerprint density at radius 3 is 2.53 bits per heavy atom. The predicted molar refractivity (Wildman–Crippen MR) is 59.1 cm³/mol. The minimum Gasteiger partial charge on any atom is -0.491 e. The van der Waals surface area contributed by atoms with Crippen LogP contribution in [0.25, 0.3) is 0 Å². The lowest BCUT2D eigenvalue weighted by molar-refractivity contribution is -0.153. The molecule has 0 aliphatic heterocycles. The van der Waals surface area contributed by atoms with Crippen molar-refractivity contribution in [2.24, 2.45) is 0 Å². The van der Waals surface area contributed by atoms with Gasteiger partial charge in [-0.05, 0) is 0 Å². The largest absolute Gasteiger partial charge is 0.491 e. The monoisotopic (exact) mass is 291 g/mol. The third-order valence-corrected chi connectivity index (χ3v) is 1.92. The molecule has 0 atom stereocenters. The van der Waals surface area contributed by atoms with Crippen molar-refractivity contribution in [3.05, 3.63) is 18.0 Å². The van der Waals surface area contributed by atoms with E-state index in [1.807, 2.05) is 0 Å². The molecule has 0 aromatic carbocycles. The Labute approximate surface area is 107 Å². The molecule has 0 fully saturated rings. The number of nitrogens with zero attached hydrogens (tertiary/aromatic N) is 1. The van der Waals surface area contributed by atoms with Gasteiger partial charge in [-0.1, -0.05) is 0 Å². The van der Waals surface area contributed by atoms with Gasteiger partial charge in [0, 0.05) is 12.3 Å². The van der Waals surface area contributed by atoms with E-state index in [1.54, 1.807) is 0 Å². The van der Waals surface area contributed by atoms with Gasteiger partial charge in [-0.25, -0.2) is 0 Å². The number of hydrogen-bond donors (Lipinski definition) is 0. The van der Waals surface area contributed by atoms with Crippen LogP contribution in [0.1, 0.15) is 5.69 Å². The van der Waals surface area contributed by atoms with E-state index in [9.17, 15) is 13.2 Å². The summed E-state index contributed by atoms with van der Waals surface area (Å²) in [5, 5.41) is 0. The Bertz CT molecular complexity index is 361. The number of pyridine rings is 1. The van der Waals surface area contributed by atoms with E-state index in [1.165, 1.54) is 19.4 Å². The molecule has 0 aliphatic carbocycles. The maximum absolute atomic E-state index is 12.0. The molecule has 1 aromatic rings. The number of hydrogen-bond acceptors (Lipinski definition) is 3. The fourth-order valence-corrected chi connectivity index (χ4v) is 1.25. The predicted octanol–water partition coefficient (Wildman–Crippen LogP) is 3.19. The number of methoxy groups -OCH3 is 1. The zero-order valence-corrected chi connectivity index (χ0v) is 10.3. The molecular weight excluding hydrogens is 282 g/mol. The van der Waals surface area contributed by atoms with E-state index in [0.29, 0.717) is 5.69 Å². The maximum Gasteiger partial charge on any atom is 0.422 e. The summed E-state index contributed by atoms with van der Waals surface area (Å²) >= 11 is 5.55. The van der Waals surface area contributed by atoms with Gasteiger partial charge in [-0.3, -0.25) is 4.98 Å². The molecule has 0 aliphatic rings. The molecule has 0 saturated carbocycles. The number of halogens is 5. The highest BCUT2D eigenvalue weighted by Crippen LogP contribution is 2.31. The van der Waals surface area contributed by atoms with Crippen LogP contribution in [0, 0.1) is 0 Å². The molecule has 0 unspecified atom stereocenters. The van der Waals surface area contributed by atoms with E-state index in [4.69, 9.17) is 16.3 Å². The van der Waals surface area contributed by atoms with Gasteiger partial charge in [0.15, 0.2) is 18.1 Å². The van der Waals surface area contributed by atoms with Crippen LogP contribution in [0.5, 0.6) is 11.5 Å². The number of alkyl halides is 4. The molecule has 17 heavy (non-hydrogen) atoms. The highest BCUT2D eigenvalue weighted by atomic mass is 35.5. The lowest BCUT2D eigenvalue weighted by atomic mass is 10.3. The van der Waals surface area contributed by atoms with E-state index < -0.39 is 12.8 Å². The van der Waals surface area contributed by atoms with E-state index in [0.717, 1.165) is 0 Å². The molecule has 1 heterocycles. The number of ether oxygens (including phenoxy) is 2. The van der Waals surface area contributed by atoms with Crippen molar-refractivity contribution in [2.75, 3.05) is 13.7 Å².